The van der Waals surface area contributed by atoms with Crippen LogP contribution in [0.1, 0.15) is 79.6 Å². The Labute approximate surface area is 306 Å². The van der Waals surface area contributed by atoms with Crippen molar-refractivity contribution in [1.82, 2.24) is 15.8 Å². The second-order valence-electron chi connectivity index (χ2n) is 12.7. The van der Waals surface area contributed by atoms with E-state index in [0.29, 0.717) is 25.8 Å². The number of nitrogens with one attached hydrogen (secondary N) is 2. The molecule has 0 aliphatic carbocycles. The molecule has 2 amide bonds. The number of carbonyl (C=O) groups excluding carboxylic acids is 2. The Bertz CT molecular complexity index is 1870. The van der Waals surface area contributed by atoms with Crippen molar-refractivity contribution in [1.29, 1.82) is 0 Å². The van der Waals surface area contributed by atoms with Gasteiger partial charge in [-0.15, -0.1) is 11.3 Å². The summed E-state index contributed by atoms with van der Waals surface area (Å²) in [7, 11) is 0. The zero-order valence-electron chi connectivity index (χ0n) is 28.3. The van der Waals surface area contributed by atoms with Crippen molar-refractivity contribution in [3.63, 3.8) is 0 Å². The minimum Gasteiger partial charge on any atom is -0.392 e. The van der Waals surface area contributed by atoms with Gasteiger partial charge in [-0.1, -0.05) is 97.4 Å². The molecule has 9 nitrogen and oxygen atoms in total. The van der Waals surface area contributed by atoms with Crippen LogP contribution in [-0.4, -0.2) is 39.0 Å². The number of aliphatic hydroxyl groups excluding tert-OH is 1. The molecule has 1 saturated heterocycles. The number of ether oxygens (including phenoxy) is 2. The summed E-state index contributed by atoms with van der Waals surface area (Å²) < 4.78 is 15.5. The van der Waals surface area contributed by atoms with E-state index >= 15 is 0 Å². The molecule has 6 rings (SSSR count). The zero-order chi connectivity index (χ0) is 35.4. The number of carbonyl (C=O) groups is 2. The highest BCUT2D eigenvalue weighted by Crippen LogP contribution is 2.41. The third-order valence-electron chi connectivity index (χ3n) is 8.87. The summed E-state index contributed by atoms with van der Waals surface area (Å²) >= 11 is 3.41. The molecule has 0 spiro atoms. The second-order valence-corrected chi connectivity index (χ2v) is 15.0. The van der Waals surface area contributed by atoms with Gasteiger partial charge < -0.3 is 19.9 Å². The van der Waals surface area contributed by atoms with Gasteiger partial charge in [0.1, 0.15) is 0 Å². The lowest BCUT2D eigenvalue weighted by Gasteiger charge is -2.36. The number of amides is 2. The Morgan fingerprint density at radius 3 is 2.31 bits per heavy atom. The number of thioether (sulfide) groups is 1. The predicted molar refractivity (Wildman–Crippen MR) is 200 cm³/mol. The molecule has 1 fully saturated rings. The third-order valence-corrected chi connectivity index (χ3v) is 11.2. The lowest BCUT2D eigenvalue weighted by molar-refractivity contribution is -0.245. The molecular weight excluding hydrogens is 683 g/mol. The van der Waals surface area contributed by atoms with Gasteiger partial charge in [0.25, 0.3) is 0 Å². The van der Waals surface area contributed by atoms with Crippen molar-refractivity contribution in [2.75, 3.05) is 5.75 Å². The first-order valence-corrected chi connectivity index (χ1v) is 19.2. The highest BCUT2D eigenvalue weighted by Gasteiger charge is 2.32. The van der Waals surface area contributed by atoms with Crippen molar-refractivity contribution < 1.29 is 29.4 Å². The van der Waals surface area contributed by atoms with Gasteiger partial charge in [-0.2, -0.15) is 0 Å². The number of unbranched alkanes of at least 4 members (excludes halogenated alkanes) is 3. The van der Waals surface area contributed by atoms with E-state index < -0.39 is 6.29 Å². The number of hydroxylamine groups is 1. The van der Waals surface area contributed by atoms with Gasteiger partial charge in [0.2, 0.25) is 11.8 Å². The van der Waals surface area contributed by atoms with Gasteiger partial charge >= 0.3 is 0 Å². The summed E-state index contributed by atoms with van der Waals surface area (Å²) in [6.45, 7) is 0.429. The standard InChI is InChI=1S/C40H43N3O6S2/c44-25-27-17-19-29(20-18-27)35-23-33(26-50-40-42-34-13-5-6-14-36(34)51-40)48-39(49-35)32-12-8-11-31(22-32)30-10-7-9-28(21-30)24-41-37(45)15-3-1-2-4-16-38(46)43-47/h5-14,17-22,33,35,39,44,47H,1-4,15-16,23-26H2,(H,41,45)(H,43,46). The second kappa shape index (κ2) is 18.4. The van der Waals surface area contributed by atoms with Crippen molar-refractivity contribution in [3.8, 4) is 11.1 Å². The van der Waals surface area contributed by atoms with E-state index in [2.05, 4.69) is 35.6 Å². The monoisotopic (exact) mass is 725 g/mol. The number of nitrogens with zero attached hydrogens (tertiary/aromatic N) is 1. The molecule has 266 valence electrons. The van der Waals surface area contributed by atoms with Crippen LogP contribution in [0.2, 0.25) is 0 Å². The van der Waals surface area contributed by atoms with Gasteiger partial charge in [0.15, 0.2) is 10.6 Å². The van der Waals surface area contributed by atoms with Gasteiger partial charge in [0.05, 0.1) is 29.0 Å². The number of aromatic nitrogens is 1. The average molecular weight is 726 g/mol. The zero-order valence-corrected chi connectivity index (χ0v) is 30.0. The SMILES string of the molecule is O=C(CCCCCCC(=O)NCc1cccc(-c2cccc(C3OC(CSc4nc5ccccc5s4)CC(c4ccc(CO)cc4)O3)c2)c1)NO. The summed E-state index contributed by atoms with van der Waals surface area (Å²) in [4.78, 5) is 28.4. The van der Waals surface area contributed by atoms with Crippen LogP contribution in [-0.2, 0) is 32.2 Å². The Morgan fingerprint density at radius 1 is 0.804 bits per heavy atom. The average Bonchev–Trinajstić information content (AvgIpc) is 3.61. The molecule has 3 unspecified atom stereocenters. The molecule has 11 heteroatoms. The summed E-state index contributed by atoms with van der Waals surface area (Å²) in [5.41, 5.74) is 8.55. The minimum atomic E-state index is -0.573. The van der Waals surface area contributed by atoms with Gasteiger partial charge in [-0.3, -0.25) is 14.8 Å². The molecule has 1 aromatic heterocycles. The molecule has 5 aromatic rings. The van der Waals surface area contributed by atoms with Crippen LogP contribution < -0.4 is 10.8 Å². The number of hydrogen-bond donors (Lipinski definition) is 4. The van der Waals surface area contributed by atoms with Crippen LogP contribution in [0.5, 0.6) is 0 Å². The van der Waals surface area contributed by atoms with Crippen molar-refractivity contribution >= 4 is 45.1 Å². The number of benzene rings is 4. The normalized spacial score (nSPS) is 17.3. The number of thiazole rings is 1. The Balaban J connectivity index is 1.10. The fourth-order valence-electron chi connectivity index (χ4n) is 6.10. The molecule has 4 N–H and O–H groups in total. The molecule has 51 heavy (non-hydrogen) atoms. The van der Waals surface area contributed by atoms with Crippen LogP contribution >= 0.6 is 23.1 Å². The van der Waals surface area contributed by atoms with Crippen molar-refractivity contribution in [2.24, 2.45) is 0 Å². The van der Waals surface area contributed by atoms with Crippen LogP contribution in [0.3, 0.4) is 0 Å². The molecule has 0 saturated carbocycles. The van der Waals surface area contributed by atoms with Crippen LogP contribution in [0.25, 0.3) is 21.3 Å². The number of fused-ring (bicyclic) bond motifs is 1. The minimum absolute atomic E-state index is 0.00138. The maximum absolute atomic E-state index is 12.5. The van der Waals surface area contributed by atoms with E-state index in [-0.39, 0.29) is 37.0 Å². The van der Waals surface area contributed by atoms with Gasteiger partial charge in [0, 0.05) is 37.1 Å². The molecule has 3 atom stereocenters. The smallest absolute Gasteiger partial charge is 0.243 e. The van der Waals surface area contributed by atoms with E-state index in [1.165, 1.54) is 4.70 Å². The van der Waals surface area contributed by atoms with Crippen LogP contribution in [0.4, 0.5) is 0 Å². The number of hydrogen-bond acceptors (Lipinski definition) is 9. The van der Waals surface area contributed by atoms with E-state index in [4.69, 9.17) is 19.7 Å². The highest BCUT2D eigenvalue weighted by atomic mass is 32.2. The summed E-state index contributed by atoms with van der Waals surface area (Å²) in [5, 5.41) is 21.2. The molecule has 0 radical (unpaired) electrons. The number of aliphatic hydroxyl groups is 1. The molecular formula is C40H43N3O6S2. The fraction of sp³-hybridized carbons (Fsp3) is 0.325. The first kappa shape index (κ1) is 36.7. The van der Waals surface area contributed by atoms with Gasteiger partial charge in [-0.05, 0) is 64.9 Å². The fourth-order valence-corrected chi connectivity index (χ4v) is 8.21. The third kappa shape index (κ3) is 10.5. The largest absolute Gasteiger partial charge is 0.392 e. The Hall–Kier alpha value is -4.10. The number of rotatable bonds is 16. The van der Waals surface area contributed by atoms with E-state index in [0.717, 1.165) is 68.3 Å². The quantitative estimate of drug-likeness (QED) is 0.0346. The van der Waals surface area contributed by atoms with E-state index in [9.17, 15) is 14.7 Å². The Morgan fingerprint density at radius 2 is 1.55 bits per heavy atom. The first-order valence-electron chi connectivity index (χ1n) is 17.4. The number of para-hydroxylation sites is 1. The molecule has 4 aromatic carbocycles. The summed E-state index contributed by atoms with van der Waals surface area (Å²) in [6, 6.07) is 32.5. The first-order chi connectivity index (χ1) is 25.0. The lowest BCUT2D eigenvalue weighted by atomic mass is 9.99. The molecule has 2 heterocycles. The lowest BCUT2D eigenvalue weighted by Crippen LogP contribution is -2.31. The predicted octanol–water partition coefficient (Wildman–Crippen LogP) is 8.26. The summed E-state index contributed by atoms with van der Waals surface area (Å²) in [6.07, 6.45) is 3.71. The molecule has 1 aliphatic rings. The maximum Gasteiger partial charge on any atom is 0.243 e. The van der Waals surface area contributed by atoms with Crippen molar-refractivity contribution in [2.45, 2.75) is 80.9 Å². The van der Waals surface area contributed by atoms with Crippen LogP contribution in [0.15, 0.2) is 101 Å². The highest BCUT2D eigenvalue weighted by molar-refractivity contribution is 8.01. The van der Waals surface area contributed by atoms with Gasteiger partial charge in [-0.25, -0.2) is 10.5 Å². The topological polar surface area (TPSA) is 130 Å². The van der Waals surface area contributed by atoms with E-state index in [1.54, 1.807) is 28.6 Å². The van der Waals surface area contributed by atoms with Crippen LogP contribution in [0, 0.1) is 0 Å². The maximum atomic E-state index is 12.5. The van der Waals surface area contributed by atoms with E-state index in [1.807, 2.05) is 66.7 Å². The molecule has 0 bridgehead atoms. The van der Waals surface area contributed by atoms with Crippen molar-refractivity contribution in [3.05, 3.63) is 119 Å². The summed E-state index contributed by atoms with van der Waals surface area (Å²) in [5.74, 6) is 0.355. The Kier molecular flexibility index (Phi) is 13.2. The molecule has 1 aliphatic heterocycles.